The van der Waals surface area contributed by atoms with Gasteiger partial charge in [0.05, 0.1) is 4.90 Å². The van der Waals surface area contributed by atoms with Crippen LogP contribution in [0.15, 0.2) is 47.4 Å². The third kappa shape index (κ3) is 4.35. The van der Waals surface area contributed by atoms with Crippen LogP contribution in [0.25, 0.3) is 0 Å². The highest BCUT2D eigenvalue weighted by atomic mass is 32.2. The van der Waals surface area contributed by atoms with Crippen LogP contribution < -0.4 is 0 Å². The zero-order chi connectivity index (χ0) is 31.8. The summed E-state index contributed by atoms with van der Waals surface area (Å²) in [6, 6.07) is 7.46. The van der Waals surface area contributed by atoms with Gasteiger partial charge >= 0.3 is 6.18 Å². The van der Waals surface area contributed by atoms with Gasteiger partial charge < -0.3 is 4.90 Å². The molecule has 11 heteroatoms. The van der Waals surface area contributed by atoms with Crippen molar-refractivity contribution in [3.63, 3.8) is 0 Å². The Kier molecular flexibility index (Phi) is 6.00. The first-order chi connectivity index (χ1) is 19.8. The SMILES string of the molecule is [2H]C([2H])([2H])N1C[C@@H](C(=O)C[C@@H]2CC[C@@]3(S(=O)(=O)c4ccc(F)cc4)c4ccc(C(C)(F)C(F)(F)F)cc4CC[C@@H]23)CC1=O. The first kappa shape index (κ1) is 24.9. The van der Waals surface area contributed by atoms with Crippen LogP contribution in [0, 0.1) is 23.6 Å². The fraction of sp³-hybridized carbons (Fsp3) is 0.517. The molecule has 2 aromatic rings. The third-order valence-corrected chi connectivity index (χ3v) is 11.6. The van der Waals surface area contributed by atoms with E-state index in [4.69, 9.17) is 4.11 Å². The van der Waals surface area contributed by atoms with Gasteiger partial charge in [0.1, 0.15) is 16.3 Å². The summed E-state index contributed by atoms with van der Waals surface area (Å²) < 4.78 is 119. The van der Waals surface area contributed by atoms with E-state index in [1.165, 1.54) is 6.07 Å². The molecule has 3 aliphatic rings. The molecule has 1 amide bonds. The largest absolute Gasteiger partial charge is 0.426 e. The molecule has 216 valence electrons. The third-order valence-electron chi connectivity index (χ3n) is 9.06. The van der Waals surface area contributed by atoms with Crippen LogP contribution in [0.5, 0.6) is 0 Å². The number of carbonyl (C=O) groups excluding carboxylic acids is 2. The molecule has 2 fully saturated rings. The van der Waals surface area contributed by atoms with Crippen molar-refractivity contribution in [3.8, 4) is 0 Å². The summed E-state index contributed by atoms with van der Waals surface area (Å²) in [7, 11) is -4.32. The van der Waals surface area contributed by atoms with Gasteiger partial charge in [-0.05, 0) is 85.4 Å². The Morgan fingerprint density at radius 3 is 2.45 bits per heavy atom. The quantitative estimate of drug-likeness (QED) is 0.324. The number of sulfone groups is 1. The zero-order valence-corrected chi connectivity index (χ0v) is 22.4. The summed E-state index contributed by atoms with van der Waals surface area (Å²) in [5, 5.41) is 0. The minimum atomic E-state index is -5.20. The fourth-order valence-corrected chi connectivity index (χ4v) is 9.34. The number of benzene rings is 2. The first-order valence-electron chi connectivity index (χ1n) is 14.5. The lowest BCUT2D eigenvalue weighted by Gasteiger charge is -2.43. The van der Waals surface area contributed by atoms with Crippen molar-refractivity contribution in [3.05, 3.63) is 65.0 Å². The number of halogens is 5. The Morgan fingerprint density at radius 2 is 1.82 bits per heavy atom. The highest BCUT2D eigenvalue weighted by Gasteiger charge is 2.61. The number of ketones is 1. The van der Waals surface area contributed by atoms with Crippen LogP contribution in [0.3, 0.4) is 0 Å². The second-order valence-electron chi connectivity index (χ2n) is 11.2. The molecule has 2 aliphatic carbocycles. The molecule has 0 radical (unpaired) electrons. The average Bonchev–Trinajstić information content (AvgIpc) is 3.50. The number of carbonyl (C=O) groups is 2. The Hall–Kier alpha value is -2.82. The van der Waals surface area contributed by atoms with Crippen molar-refractivity contribution in [1.82, 2.24) is 4.90 Å². The maximum atomic E-state index is 14.9. The highest BCUT2D eigenvalue weighted by molar-refractivity contribution is 7.92. The van der Waals surface area contributed by atoms with Gasteiger partial charge in [-0.1, -0.05) is 18.2 Å². The van der Waals surface area contributed by atoms with E-state index in [-0.39, 0.29) is 66.9 Å². The molecule has 0 aromatic heterocycles. The van der Waals surface area contributed by atoms with E-state index in [2.05, 4.69) is 0 Å². The average molecular weight is 587 g/mol. The zero-order valence-electron chi connectivity index (χ0n) is 24.6. The van der Waals surface area contributed by atoms with Crippen molar-refractivity contribution >= 4 is 21.5 Å². The second kappa shape index (κ2) is 9.63. The number of nitrogens with zero attached hydrogens (tertiary/aromatic N) is 1. The maximum Gasteiger partial charge on any atom is 0.426 e. The normalized spacial score (nSPS) is 29.6. The molecule has 1 heterocycles. The number of likely N-dealkylation sites (tertiary alicyclic amines) is 1. The molecule has 1 saturated heterocycles. The van der Waals surface area contributed by atoms with Crippen LogP contribution in [0.4, 0.5) is 22.0 Å². The minimum Gasteiger partial charge on any atom is -0.345 e. The molecule has 5 nitrogen and oxygen atoms in total. The molecule has 5 rings (SSSR count). The van der Waals surface area contributed by atoms with E-state index in [0.717, 1.165) is 36.4 Å². The first-order valence-corrected chi connectivity index (χ1v) is 14.5. The van der Waals surface area contributed by atoms with Crippen molar-refractivity contribution in [1.29, 1.82) is 0 Å². The van der Waals surface area contributed by atoms with Crippen molar-refractivity contribution in [2.24, 2.45) is 17.8 Å². The molecule has 0 N–H and O–H groups in total. The summed E-state index contributed by atoms with van der Waals surface area (Å²) in [6.45, 7) is -2.55. The number of alkyl halides is 4. The maximum absolute atomic E-state index is 14.9. The molecule has 5 atom stereocenters. The summed E-state index contributed by atoms with van der Waals surface area (Å²) in [4.78, 5) is 26.1. The minimum absolute atomic E-state index is 0.0127. The van der Waals surface area contributed by atoms with Gasteiger partial charge in [0.25, 0.3) is 0 Å². The highest BCUT2D eigenvalue weighted by Crippen LogP contribution is 2.60. The van der Waals surface area contributed by atoms with E-state index in [1.807, 2.05) is 0 Å². The summed E-state index contributed by atoms with van der Waals surface area (Å²) >= 11 is 0. The molecule has 1 aliphatic heterocycles. The standard InChI is InChI=1S/C29H30F5NO4S/c1-27(31,29(32,33)34)20-4-10-24-17(13-20)3-9-23-18(14-25(36)19-15-26(37)35(2)16-19)11-12-28(23,24)40(38,39)22-7-5-21(30)6-8-22/h4-8,10,13,18-19,23H,3,9,11-12,14-16H2,1-2H3/t18-,19-,23-,27?,28-/m0/s1/i2D3. The van der Waals surface area contributed by atoms with Crippen molar-refractivity contribution in [2.75, 3.05) is 13.5 Å². The summed E-state index contributed by atoms with van der Waals surface area (Å²) in [5.74, 6) is -3.71. The lowest BCUT2D eigenvalue weighted by Crippen LogP contribution is -2.45. The molecule has 0 bridgehead atoms. The van der Waals surface area contributed by atoms with E-state index >= 15 is 0 Å². The van der Waals surface area contributed by atoms with Crippen molar-refractivity contribution in [2.45, 2.75) is 66.9 Å². The molecule has 40 heavy (non-hydrogen) atoms. The smallest absolute Gasteiger partial charge is 0.345 e. The topological polar surface area (TPSA) is 71.5 Å². The van der Waals surface area contributed by atoms with Crippen LogP contribution in [-0.2, 0) is 36.3 Å². The molecule has 1 saturated carbocycles. The van der Waals surface area contributed by atoms with Crippen LogP contribution in [-0.4, -0.2) is 44.7 Å². The van der Waals surface area contributed by atoms with Crippen LogP contribution >= 0.6 is 0 Å². The number of fused-ring (bicyclic) bond motifs is 3. The molecule has 1 unspecified atom stereocenters. The van der Waals surface area contributed by atoms with Crippen molar-refractivity contribution < 1.29 is 44.1 Å². The monoisotopic (exact) mass is 586 g/mol. The van der Waals surface area contributed by atoms with Gasteiger partial charge in [0.2, 0.25) is 11.6 Å². The van der Waals surface area contributed by atoms with Crippen LogP contribution in [0.1, 0.15) is 59.8 Å². The molecular formula is C29H30F5NO4S. The number of aryl methyl sites for hydroxylation is 1. The predicted octanol–water partition coefficient (Wildman–Crippen LogP) is 5.65. The molecular weight excluding hydrogens is 553 g/mol. The number of amides is 1. The Labute approximate surface area is 233 Å². The molecule has 0 spiro atoms. The van der Waals surface area contributed by atoms with E-state index < -0.39 is 68.4 Å². The lowest BCUT2D eigenvalue weighted by molar-refractivity contribution is -0.228. The van der Waals surface area contributed by atoms with Gasteiger partial charge in [-0.15, -0.1) is 0 Å². The van der Waals surface area contributed by atoms with Gasteiger partial charge in [-0.25, -0.2) is 17.2 Å². The number of hydrogen-bond acceptors (Lipinski definition) is 4. The number of Topliss-reactive ketones (excluding diaryl/α,β-unsaturated/α-hetero) is 1. The van der Waals surface area contributed by atoms with Gasteiger partial charge in [0, 0.05) is 36.4 Å². The van der Waals surface area contributed by atoms with Crippen LogP contribution in [0.2, 0.25) is 0 Å². The molecule has 2 aromatic carbocycles. The van der Waals surface area contributed by atoms with E-state index in [9.17, 15) is 40.0 Å². The van der Waals surface area contributed by atoms with Gasteiger partial charge in [-0.2, -0.15) is 13.2 Å². The predicted molar refractivity (Wildman–Crippen MR) is 136 cm³/mol. The Balaban J connectivity index is 1.54. The van der Waals surface area contributed by atoms with Gasteiger partial charge in [0.15, 0.2) is 9.84 Å². The fourth-order valence-electron chi connectivity index (χ4n) is 6.85. The van der Waals surface area contributed by atoms with E-state index in [1.54, 1.807) is 0 Å². The number of rotatable bonds is 6. The van der Waals surface area contributed by atoms with Gasteiger partial charge in [-0.3, -0.25) is 9.59 Å². The Bertz CT molecular complexity index is 1560. The summed E-state index contributed by atoms with van der Waals surface area (Å²) in [5.41, 5.74) is -3.84. The lowest BCUT2D eigenvalue weighted by atomic mass is 9.71. The van der Waals surface area contributed by atoms with E-state index in [0.29, 0.717) is 11.8 Å². The Morgan fingerprint density at radius 1 is 1.12 bits per heavy atom. The number of hydrogen-bond donors (Lipinski definition) is 0. The summed E-state index contributed by atoms with van der Waals surface area (Å²) in [6.07, 6.45) is -4.99. The second-order valence-corrected chi connectivity index (χ2v) is 13.4.